The van der Waals surface area contributed by atoms with Crippen LogP contribution in [0.5, 0.6) is 0 Å². The summed E-state index contributed by atoms with van der Waals surface area (Å²) in [6.45, 7) is 38.9. The number of hydrogen-bond acceptors (Lipinski definition) is 4. The van der Waals surface area contributed by atoms with Gasteiger partial charge in [-0.2, -0.15) is 0 Å². The fourth-order valence-electron chi connectivity index (χ4n) is 10.8. The summed E-state index contributed by atoms with van der Waals surface area (Å²) in [6, 6.07) is 66.4. The van der Waals surface area contributed by atoms with Crippen LogP contribution in [0.1, 0.15) is 143 Å². The van der Waals surface area contributed by atoms with Gasteiger partial charge in [0.2, 0.25) is 0 Å². The Morgan fingerprint density at radius 2 is 0.658 bits per heavy atom. The summed E-state index contributed by atoms with van der Waals surface area (Å²) in [7, 11) is 0. The molecule has 8 aromatic rings. The Morgan fingerprint density at radius 3 is 1.01 bits per heavy atom. The van der Waals surface area contributed by atoms with Crippen LogP contribution in [-0.4, -0.2) is 6.98 Å². The third kappa shape index (κ3) is 10.8. The molecule has 1 heterocycles. The van der Waals surface area contributed by atoms with E-state index in [1.807, 2.05) is 0 Å². The summed E-state index contributed by atoms with van der Waals surface area (Å²) < 4.78 is 0.995. The van der Waals surface area contributed by atoms with E-state index in [9.17, 15) is 0 Å². The molecule has 0 N–H and O–H groups in total. The highest BCUT2D eigenvalue weighted by atomic mass is 79.9. The number of hydrogen-bond donors (Lipinski definition) is 0. The number of aryl methyl sites for hydroxylation is 2. The second-order valence-corrected chi connectivity index (χ2v) is 27.2. The summed E-state index contributed by atoms with van der Waals surface area (Å²) in [4.78, 5) is 10.1. The highest BCUT2D eigenvalue weighted by molar-refractivity contribution is 9.10. The first-order valence-electron chi connectivity index (χ1n) is 27.3. The Kier molecular flexibility index (Phi) is 14.4. The van der Waals surface area contributed by atoms with Crippen molar-refractivity contribution in [2.45, 2.75) is 145 Å². The van der Waals surface area contributed by atoms with E-state index in [1.54, 1.807) is 0 Å². The van der Waals surface area contributed by atoms with Gasteiger partial charge in [-0.3, -0.25) is 0 Å². The monoisotopic (exact) mass is 1070 g/mol. The van der Waals surface area contributed by atoms with Crippen LogP contribution in [-0.2, 0) is 27.1 Å². The molecule has 0 saturated carbocycles. The van der Waals surface area contributed by atoms with Crippen molar-refractivity contribution in [1.82, 2.24) is 0 Å². The summed E-state index contributed by atoms with van der Waals surface area (Å²) in [5, 5.41) is 0. The van der Waals surface area contributed by atoms with Crippen LogP contribution in [0.25, 0.3) is 0 Å². The molecule has 0 amide bonds. The van der Waals surface area contributed by atoms with E-state index in [-0.39, 0.29) is 34.1 Å². The first-order chi connectivity index (χ1) is 35.6. The van der Waals surface area contributed by atoms with Crippen LogP contribution in [0.4, 0.5) is 56.9 Å². The van der Waals surface area contributed by atoms with Crippen molar-refractivity contribution in [1.29, 1.82) is 0 Å². The van der Waals surface area contributed by atoms with E-state index < -0.39 is 0 Å². The van der Waals surface area contributed by atoms with Crippen LogP contribution in [0.2, 0.25) is 0 Å². The molecule has 6 heteroatoms. The molecule has 0 aliphatic carbocycles. The van der Waals surface area contributed by atoms with E-state index in [4.69, 9.17) is 0 Å². The minimum absolute atomic E-state index is 0.0115. The quantitative estimate of drug-likeness (QED) is 0.134. The van der Waals surface area contributed by atoms with E-state index in [1.165, 1.54) is 44.4 Å². The molecule has 0 saturated heterocycles. The smallest absolute Gasteiger partial charge is 0.360 e. The maximum atomic E-state index is 4.44. The zero-order chi connectivity index (χ0) is 54.9. The standard InChI is InChI=1S/C70H80BBrN4/c1-47-42-52(69(12,13)14)43-48(2)64(47)71-75(57-24-20-18-21-25-57)60-41-40-59(46-61(60)76(71)58-26-22-19-23-27-58)74(56-38-32-51(33-39-56)68(9,10)11)63-45-53(70(15,16)17)44-62(65(63)72)73(54-34-28-49(29-35-54)66(3,4)5)55-36-30-50(31-37-55)67(6,7)8/h18-46H,1-17H3. The zero-order valence-electron chi connectivity index (χ0n) is 48.5. The van der Waals surface area contributed by atoms with Gasteiger partial charge in [-0.25, -0.2) is 0 Å². The largest absolute Gasteiger partial charge is 0.421 e. The van der Waals surface area contributed by atoms with E-state index in [0.717, 1.165) is 61.3 Å². The Labute approximate surface area is 466 Å². The molecule has 0 atom stereocenters. The predicted octanol–water partition coefficient (Wildman–Crippen LogP) is 20.2. The Balaban J connectivity index is 1.33. The topological polar surface area (TPSA) is 13.0 Å². The van der Waals surface area contributed by atoms with Gasteiger partial charge in [0.25, 0.3) is 0 Å². The zero-order valence-corrected chi connectivity index (χ0v) is 50.1. The lowest BCUT2D eigenvalue weighted by Gasteiger charge is -2.34. The molecule has 1 aliphatic rings. The average molecular weight is 1070 g/mol. The van der Waals surface area contributed by atoms with Gasteiger partial charge >= 0.3 is 6.98 Å². The van der Waals surface area contributed by atoms with Gasteiger partial charge in [-0.1, -0.05) is 200 Å². The minimum atomic E-state index is -0.201. The van der Waals surface area contributed by atoms with Gasteiger partial charge in [0.1, 0.15) is 0 Å². The van der Waals surface area contributed by atoms with Crippen LogP contribution in [0.15, 0.2) is 180 Å². The van der Waals surface area contributed by atoms with Crippen molar-refractivity contribution < 1.29 is 0 Å². The number of benzene rings is 8. The van der Waals surface area contributed by atoms with E-state index in [2.05, 4.69) is 329 Å². The van der Waals surface area contributed by atoms with E-state index >= 15 is 0 Å². The first-order valence-corrected chi connectivity index (χ1v) is 28.1. The maximum Gasteiger partial charge on any atom is 0.421 e. The van der Waals surface area contributed by atoms with E-state index in [0.29, 0.717) is 0 Å². The van der Waals surface area contributed by atoms with Gasteiger partial charge in [-0.05, 0) is 181 Å². The fraction of sp³-hybridized carbons (Fsp3) is 0.314. The van der Waals surface area contributed by atoms with Crippen molar-refractivity contribution in [3.63, 3.8) is 0 Å². The third-order valence-electron chi connectivity index (χ3n) is 15.4. The lowest BCUT2D eigenvalue weighted by Crippen LogP contribution is -2.55. The number of rotatable bonds is 9. The van der Waals surface area contributed by atoms with Gasteiger partial charge in [0.15, 0.2) is 0 Å². The molecule has 0 spiro atoms. The minimum Gasteiger partial charge on any atom is -0.360 e. The van der Waals surface area contributed by atoms with Gasteiger partial charge in [0, 0.05) is 34.1 Å². The second-order valence-electron chi connectivity index (χ2n) is 26.4. The number of fused-ring (bicyclic) bond motifs is 1. The van der Waals surface area contributed by atoms with Crippen molar-refractivity contribution in [3.05, 3.63) is 219 Å². The van der Waals surface area contributed by atoms with Gasteiger partial charge in [0.05, 0.1) is 27.2 Å². The summed E-state index contributed by atoms with van der Waals surface area (Å²) in [5.74, 6) is 0. The molecule has 1 aliphatic heterocycles. The summed E-state index contributed by atoms with van der Waals surface area (Å²) in [6.07, 6.45) is 0. The van der Waals surface area contributed by atoms with Crippen molar-refractivity contribution in [3.8, 4) is 0 Å². The third-order valence-corrected chi connectivity index (χ3v) is 16.2. The highest BCUT2D eigenvalue weighted by Crippen LogP contribution is 2.53. The summed E-state index contributed by atoms with van der Waals surface area (Å²) >= 11 is 4.44. The maximum absolute atomic E-state index is 4.44. The van der Waals surface area contributed by atoms with Crippen LogP contribution >= 0.6 is 15.9 Å². The van der Waals surface area contributed by atoms with Gasteiger partial charge < -0.3 is 19.4 Å². The molecule has 0 unspecified atom stereocenters. The molecule has 390 valence electrons. The van der Waals surface area contributed by atoms with Gasteiger partial charge in [-0.15, -0.1) is 0 Å². The number of halogens is 1. The highest BCUT2D eigenvalue weighted by Gasteiger charge is 2.46. The SMILES string of the molecule is Cc1cc(C(C)(C)C)cc(C)c1B1N(c2ccccc2)c2ccc(N(c3ccc(C(C)(C)C)cc3)c3cc(C(C)(C)C)cc(N(c4ccc(C(C)(C)C)cc4)c4ccc(C(C)(C)C)cc4)c3Br)cc2N1c1ccccc1. The molecule has 8 aromatic carbocycles. The fourth-order valence-corrected chi connectivity index (χ4v) is 11.4. The molecule has 0 fully saturated rings. The molecule has 4 nitrogen and oxygen atoms in total. The Morgan fingerprint density at radius 1 is 0.342 bits per heavy atom. The lowest BCUT2D eigenvalue weighted by molar-refractivity contribution is 0.589. The molecule has 0 aromatic heterocycles. The number of nitrogens with zero attached hydrogens (tertiary/aromatic N) is 4. The lowest BCUT2D eigenvalue weighted by atomic mass is 9.60. The van der Waals surface area contributed by atoms with Crippen molar-refractivity contribution in [2.24, 2.45) is 0 Å². The Hall–Kier alpha value is -6.50. The number of para-hydroxylation sites is 2. The molecule has 76 heavy (non-hydrogen) atoms. The molecule has 9 rings (SSSR count). The Bertz CT molecular complexity index is 3270. The normalized spacial score (nSPS) is 13.3. The summed E-state index contributed by atoms with van der Waals surface area (Å²) in [5.41, 5.74) is 21.2. The molecular weight excluding hydrogens is 988 g/mol. The molecule has 0 radical (unpaired) electrons. The van der Waals surface area contributed by atoms with Crippen molar-refractivity contribution >= 4 is 85.2 Å². The van der Waals surface area contributed by atoms with Crippen molar-refractivity contribution in [2.75, 3.05) is 19.4 Å². The van der Waals surface area contributed by atoms with Crippen LogP contribution in [0, 0.1) is 13.8 Å². The predicted molar refractivity (Wildman–Crippen MR) is 335 cm³/mol. The molecular formula is C70H80BBrN4. The second kappa shape index (κ2) is 20.1. The van der Waals surface area contributed by atoms with Crippen LogP contribution < -0.4 is 24.9 Å². The number of anilines is 10. The van der Waals surface area contributed by atoms with Crippen LogP contribution in [0.3, 0.4) is 0 Å². The average Bonchev–Trinajstić information content (AvgIpc) is 3.69. The molecule has 0 bridgehead atoms. The first kappa shape index (κ1) is 54.3.